The number of hydrogen-bond donors (Lipinski definition) is 2. The minimum atomic E-state index is -0.362. The maximum Gasteiger partial charge on any atom is 0.141 e. The predicted octanol–water partition coefficient (Wildman–Crippen LogP) is 0.836. The molecule has 2 unspecified atom stereocenters. The lowest BCUT2D eigenvalue weighted by molar-refractivity contribution is -0.0471. The Morgan fingerprint density at radius 1 is 1.63 bits per heavy atom. The van der Waals surface area contributed by atoms with Crippen LogP contribution in [0.15, 0.2) is 18.5 Å². The second-order valence-corrected chi connectivity index (χ2v) is 4.79. The highest BCUT2D eigenvalue weighted by molar-refractivity contribution is 5.17. The average molecular weight is 268 g/mol. The van der Waals surface area contributed by atoms with Crippen molar-refractivity contribution in [3.8, 4) is 0 Å². The summed E-state index contributed by atoms with van der Waals surface area (Å²) in [7, 11) is 0. The standard InChI is InChI=1S/C13H21FN4O/c1-2-3-18-4-5-19-12(9-18)13(17-15)10-6-11(14)8-16-7-10/h6-8,12-13,17H,2-5,9,15H2,1H3. The van der Waals surface area contributed by atoms with E-state index in [1.54, 1.807) is 6.20 Å². The van der Waals surface area contributed by atoms with E-state index in [9.17, 15) is 4.39 Å². The third-order valence-corrected chi connectivity index (χ3v) is 3.35. The molecule has 0 aliphatic carbocycles. The molecule has 1 aliphatic rings. The molecule has 6 heteroatoms. The third-order valence-electron chi connectivity index (χ3n) is 3.35. The van der Waals surface area contributed by atoms with Gasteiger partial charge in [-0.05, 0) is 24.6 Å². The summed E-state index contributed by atoms with van der Waals surface area (Å²) < 4.78 is 19.0. The summed E-state index contributed by atoms with van der Waals surface area (Å²) in [5.74, 6) is 5.24. The van der Waals surface area contributed by atoms with Gasteiger partial charge >= 0.3 is 0 Å². The molecule has 1 aromatic rings. The van der Waals surface area contributed by atoms with Crippen molar-refractivity contribution in [2.75, 3.05) is 26.2 Å². The Hall–Kier alpha value is -1.08. The van der Waals surface area contributed by atoms with Gasteiger partial charge in [0.25, 0.3) is 0 Å². The molecule has 0 radical (unpaired) electrons. The van der Waals surface area contributed by atoms with Gasteiger partial charge < -0.3 is 4.74 Å². The smallest absolute Gasteiger partial charge is 0.141 e. The molecule has 0 spiro atoms. The zero-order valence-corrected chi connectivity index (χ0v) is 11.2. The van der Waals surface area contributed by atoms with Gasteiger partial charge in [0, 0.05) is 19.3 Å². The zero-order chi connectivity index (χ0) is 13.7. The largest absolute Gasteiger partial charge is 0.374 e. The van der Waals surface area contributed by atoms with Crippen LogP contribution in [-0.4, -0.2) is 42.2 Å². The first-order chi connectivity index (χ1) is 9.24. The first-order valence-electron chi connectivity index (χ1n) is 6.65. The van der Waals surface area contributed by atoms with Crippen molar-refractivity contribution in [3.63, 3.8) is 0 Å². The van der Waals surface area contributed by atoms with Crippen molar-refractivity contribution in [2.24, 2.45) is 5.84 Å². The van der Waals surface area contributed by atoms with Gasteiger partial charge in [-0.3, -0.25) is 21.2 Å². The summed E-state index contributed by atoms with van der Waals surface area (Å²) in [5, 5.41) is 0. The second-order valence-electron chi connectivity index (χ2n) is 4.79. The Kier molecular flexibility index (Phi) is 5.21. The number of aromatic nitrogens is 1. The number of hydrazine groups is 1. The zero-order valence-electron chi connectivity index (χ0n) is 11.2. The van der Waals surface area contributed by atoms with Crippen LogP contribution in [0, 0.1) is 5.82 Å². The number of rotatable bonds is 5. The summed E-state index contributed by atoms with van der Waals surface area (Å²) >= 11 is 0. The van der Waals surface area contributed by atoms with E-state index in [0.717, 1.165) is 26.1 Å². The van der Waals surface area contributed by atoms with E-state index in [2.05, 4.69) is 22.2 Å². The predicted molar refractivity (Wildman–Crippen MR) is 70.7 cm³/mol. The summed E-state index contributed by atoms with van der Waals surface area (Å²) in [6.07, 6.45) is 3.82. The van der Waals surface area contributed by atoms with E-state index < -0.39 is 0 Å². The lowest BCUT2D eigenvalue weighted by atomic mass is 10.0. The van der Waals surface area contributed by atoms with Crippen molar-refractivity contribution in [1.29, 1.82) is 0 Å². The van der Waals surface area contributed by atoms with Crippen molar-refractivity contribution < 1.29 is 9.13 Å². The molecular weight excluding hydrogens is 247 g/mol. The van der Waals surface area contributed by atoms with Gasteiger partial charge in [-0.25, -0.2) is 4.39 Å². The van der Waals surface area contributed by atoms with Crippen LogP contribution in [0.5, 0.6) is 0 Å². The van der Waals surface area contributed by atoms with Gasteiger partial charge in [0.1, 0.15) is 5.82 Å². The van der Waals surface area contributed by atoms with Crippen LogP contribution < -0.4 is 11.3 Å². The maximum atomic E-state index is 13.2. The number of nitrogens with zero attached hydrogens (tertiary/aromatic N) is 2. The normalized spacial score (nSPS) is 22.4. The number of pyridine rings is 1. The molecule has 3 N–H and O–H groups in total. The third kappa shape index (κ3) is 3.70. The highest BCUT2D eigenvalue weighted by Crippen LogP contribution is 2.21. The van der Waals surface area contributed by atoms with Crippen LogP contribution in [0.1, 0.15) is 24.9 Å². The van der Waals surface area contributed by atoms with E-state index in [0.29, 0.717) is 12.2 Å². The summed E-state index contributed by atoms with van der Waals surface area (Å²) in [4.78, 5) is 6.20. The Morgan fingerprint density at radius 3 is 3.16 bits per heavy atom. The topological polar surface area (TPSA) is 63.4 Å². The molecule has 1 saturated heterocycles. The highest BCUT2D eigenvalue weighted by Gasteiger charge is 2.28. The van der Waals surface area contributed by atoms with Crippen LogP contribution in [0.2, 0.25) is 0 Å². The lowest BCUT2D eigenvalue weighted by Crippen LogP contribution is -2.49. The number of nitrogens with two attached hydrogens (primary N) is 1. The summed E-state index contributed by atoms with van der Waals surface area (Å²) in [6, 6.07) is 1.20. The van der Waals surface area contributed by atoms with Gasteiger partial charge in [-0.15, -0.1) is 0 Å². The average Bonchev–Trinajstić information content (AvgIpc) is 2.41. The molecule has 19 heavy (non-hydrogen) atoms. The van der Waals surface area contributed by atoms with E-state index in [1.807, 2.05) is 0 Å². The van der Waals surface area contributed by atoms with E-state index in [-0.39, 0.29) is 18.0 Å². The number of hydrogen-bond acceptors (Lipinski definition) is 5. The summed E-state index contributed by atoms with van der Waals surface area (Å²) in [5.41, 5.74) is 3.43. The fourth-order valence-electron chi connectivity index (χ4n) is 2.47. The number of ether oxygens (including phenoxy) is 1. The van der Waals surface area contributed by atoms with Crippen LogP contribution in [0.25, 0.3) is 0 Å². The van der Waals surface area contributed by atoms with Gasteiger partial charge in [0.15, 0.2) is 0 Å². The Labute approximate surface area is 112 Å². The van der Waals surface area contributed by atoms with E-state index in [4.69, 9.17) is 10.6 Å². The Morgan fingerprint density at radius 2 is 2.47 bits per heavy atom. The van der Waals surface area contributed by atoms with E-state index >= 15 is 0 Å². The van der Waals surface area contributed by atoms with Crippen molar-refractivity contribution in [1.82, 2.24) is 15.3 Å². The fraction of sp³-hybridized carbons (Fsp3) is 0.615. The molecule has 2 atom stereocenters. The fourth-order valence-corrected chi connectivity index (χ4v) is 2.47. The van der Waals surface area contributed by atoms with Gasteiger partial charge in [0.2, 0.25) is 0 Å². The van der Waals surface area contributed by atoms with E-state index in [1.165, 1.54) is 12.3 Å². The quantitative estimate of drug-likeness (QED) is 0.612. The number of halogens is 1. The van der Waals surface area contributed by atoms with Crippen LogP contribution >= 0.6 is 0 Å². The number of morpholine rings is 1. The van der Waals surface area contributed by atoms with Crippen molar-refractivity contribution >= 4 is 0 Å². The molecule has 1 aromatic heterocycles. The molecule has 2 heterocycles. The molecule has 5 nitrogen and oxygen atoms in total. The van der Waals surface area contributed by atoms with Crippen LogP contribution in [0.4, 0.5) is 4.39 Å². The van der Waals surface area contributed by atoms with Gasteiger partial charge in [-0.2, -0.15) is 0 Å². The Balaban J connectivity index is 2.08. The maximum absolute atomic E-state index is 13.2. The minimum Gasteiger partial charge on any atom is -0.374 e. The first-order valence-corrected chi connectivity index (χ1v) is 6.65. The number of nitrogens with one attached hydrogen (secondary N) is 1. The van der Waals surface area contributed by atoms with Gasteiger partial charge in [-0.1, -0.05) is 6.92 Å². The molecule has 2 rings (SSSR count). The lowest BCUT2D eigenvalue weighted by Gasteiger charge is -2.36. The SMILES string of the molecule is CCCN1CCOC(C(NN)c2cncc(F)c2)C1. The molecule has 106 valence electrons. The monoisotopic (exact) mass is 268 g/mol. The molecule has 0 saturated carbocycles. The first kappa shape index (κ1) is 14.3. The second kappa shape index (κ2) is 6.91. The molecular formula is C13H21FN4O. The van der Waals surface area contributed by atoms with Crippen molar-refractivity contribution in [2.45, 2.75) is 25.5 Å². The highest BCUT2D eigenvalue weighted by atomic mass is 19.1. The molecule has 0 bridgehead atoms. The summed E-state index contributed by atoms with van der Waals surface area (Å²) in [6.45, 7) is 5.59. The molecule has 0 aromatic carbocycles. The molecule has 1 aliphatic heterocycles. The van der Waals surface area contributed by atoms with Crippen molar-refractivity contribution in [3.05, 3.63) is 29.8 Å². The minimum absolute atomic E-state index is 0.0890. The molecule has 1 fully saturated rings. The van der Waals surface area contributed by atoms with Gasteiger partial charge in [0.05, 0.1) is 24.9 Å². The molecule has 0 amide bonds. The van der Waals surface area contributed by atoms with Crippen LogP contribution in [-0.2, 0) is 4.74 Å². The van der Waals surface area contributed by atoms with Crippen LogP contribution in [0.3, 0.4) is 0 Å². The Bertz CT molecular complexity index is 402.